The highest BCUT2D eigenvalue weighted by Crippen LogP contribution is 2.29. The van der Waals surface area contributed by atoms with Gasteiger partial charge in [0.15, 0.2) is 0 Å². The molecule has 1 saturated carbocycles. The summed E-state index contributed by atoms with van der Waals surface area (Å²) in [7, 11) is 0. The van der Waals surface area contributed by atoms with E-state index in [2.05, 4.69) is 24.1 Å². The van der Waals surface area contributed by atoms with Crippen LogP contribution in [0, 0.1) is 0 Å². The van der Waals surface area contributed by atoms with Crippen LogP contribution in [0.2, 0.25) is 5.02 Å². The van der Waals surface area contributed by atoms with Gasteiger partial charge in [0.25, 0.3) is 0 Å². The third-order valence-corrected chi connectivity index (χ3v) is 6.06. The SMILES string of the molecule is CC(C)(CNC(=O)N1CCN(C2CCCC2)CC1)c1ccccc1Cl. The van der Waals surface area contributed by atoms with Crippen molar-refractivity contribution in [3.05, 3.63) is 34.9 Å². The van der Waals surface area contributed by atoms with Crippen LogP contribution in [0.1, 0.15) is 45.1 Å². The first-order valence-electron chi connectivity index (χ1n) is 9.49. The Kier molecular flexibility index (Phi) is 5.90. The fourth-order valence-corrected chi connectivity index (χ4v) is 4.46. The van der Waals surface area contributed by atoms with Gasteiger partial charge in [-0.15, -0.1) is 0 Å². The molecule has 5 heteroatoms. The smallest absolute Gasteiger partial charge is 0.317 e. The Morgan fingerprint density at radius 2 is 1.80 bits per heavy atom. The van der Waals surface area contributed by atoms with Gasteiger partial charge < -0.3 is 10.2 Å². The number of nitrogens with one attached hydrogen (secondary N) is 1. The van der Waals surface area contributed by atoms with Crippen LogP contribution >= 0.6 is 11.6 Å². The molecule has 3 rings (SSSR count). The van der Waals surface area contributed by atoms with Crippen molar-refractivity contribution in [3.63, 3.8) is 0 Å². The van der Waals surface area contributed by atoms with E-state index in [1.165, 1.54) is 25.7 Å². The Bertz CT molecular complexity index is 590. The Labute approximate surface area is 156 Å². The van der Waals surface area contributed by atoms with E-state index >= 15 is 0 Å². The minimum absolute atomic E-state index is 0.0474. The van der Waals surface area contributed by atoms with Crippen LogP contribution in [0.25, 0.3) is 0 Å². The van der Waals surface area contributed by atoms with Crippen molar-refractivity contribution in [2.45, 2.75) is 51.0 Å². The summed E-state index contributed by atoms with van der Waals surface area (Å²) < 4.78 is 0. The number of piperazine rings is 1. The number of carbonyl (C=O) groups excluding carboxylic acids is 1. The van der Waals surface area contributed by atoms with E-state index in [-0.39, 0.29) is 11.4 Å². The van der Waals surface area contributed by atoms with Gasteiger partial charge in [-0.25, -0.2) is 4.79 Å². The van der Waals surface area contributed by atoms with Crippen LogP contribution < -0.4 is 5.32 Å². The molecule has 1 N–H and O–H groups in total. The third-order valence-electron chi connectivity index (χ3n) is 5.73. The molecule has 2 fully saturated rings. The summed E-state index contributed by atoms with van der Waals surface area (Å²) >= 11 is 6.32. The fourth-order valence-electron chi connectivity index (χ4n) is 4.07. The zero-order chi connectivity index (χ0) is 17.9. The molecule has 1 aliphatic heterocycles. The number of halogens is 1. The summed E-state index contributed by atoms with van der Waals surface area (Å²) in [4.78, 5) is 17.1. The molecule has 138 valence electrons. The second kappa shape index (κ2) is 7.96. The summed E-state index contributed by atoms with van der Waals surface area (Å²) in [5, 5.41) is 3.87. The number of carbonyl (C=O) groups is 1. The van der Waals surface area contributed by atoms with Crippen LogP contribution in [0.5, 0.6) is 0 Å². The molecule has 2 aliphatic rings. The van der Waals surface area contributed by atoms with Crippen LogP contribution in [0.15, 0.2) is 24.3 Å². The number of rotatable bonds is 4. The molecule has 0 atom stereocenters. The van der Waals surface area contributed by atoms with E-state index in [0.29, 0.717) is 6.54 Å². The predicted octanol–water partition coefficient (Wildman–Crippen LogP) is 3.89. The van der Waals surface area contributed by atoms with Crippen molar-refractivity contribution in [2.24, 2.45) is 0 Å². The fraction of sp³-hybridized carbons (Fsp3) is 0.650. The molecule has 25 heavy (non-hydrogen) atoms. The number of benzene rings is 1. The van der Waals surface area contributed by atoms with E-state index in [1.54, 1.807) is 0 Å². The first-order chi connectivity index (χ1) is 12.0. The third kappa shape index (κ3) is 4.48. The lowest BCUT2D eigenvalue weighted by atomic mass is 9.84. The number of nitrogens with zero attached hydrogens (tertiary/aromatic N) is 2. The maximum atomic E-state index is 12.6. The largest absolute Gasteiger partial charge is 0.337 e. The van der Waals surface area contributed by atoms with Crippen molar-refractivity contribution < 1.29 is 4.79 Å². The van der Waals surface area contributed by atoms with Gasteiger partial charge in [-0.1, -0.05) is 56.5 Å². The van der Waals surface area contributed by atoms with Gasteiger partial charge in [0.05, 0.1) is 0 Å². The van der Waals surface area contributed by atoms with Crippen molar-refractivity contribution in [1.29, 1.82) is 0 Å². The minimum Gasteiger partial charge on any atom is -0.337 e. The van der Waals surface area contributed by atoms with Gasteiger partial charge in [0, 0.05) is 49.2 Å². The van der Waals surface area contributed by atoms with E-state index in [4.69, 9.17) is 11.6 Å². The summed E-state index contributed by atoms with van der Waals surface area (Å²) in [5.41, 5.74) is 0.877. The molecular formula is C20H30ClN3O. The number of hydrogen-bond acceptors (Lipinski definition) is 2. The molecule has 2 amide bonds. The van der Waals surface area contributed by atoms with Crippen LogP contribution in [-0.4, -0.2) is 54.6 Å². The lowest BCUT2D eigenvalue weighted by Gasteiger charge is -2.38. The van der Waals surface area contributed by atoms with E-state index in [0.717, 1.165) is 42.8 Å². The zero-order valence-corrected chi connectivity index (χ0v) is 16.2. The van der Waals surface area contributed by atoms with Crippen LogP contribution in [0.3, 0.4) is 0 Å². The van der Waals surface area contributed by atoms with Gasteiger partial charge in [-0.3, -0.25) is 4.90 Å². The second-order valence-electron chi connectivity index (χ2n) is 7.98. The highest BCUT2D eigenvalue weighted by Gasteiger charge is 2.29. The van der Waals surface area contributed by atoms with Gasteiger partial charge in [-0.05, 0) is 24.5 Å². The molecule has 1 aromatic rings. The summed E-state index contributed by atoms with van der Waals surface area (Å²) in [6, 6.07) is 8.67. The second-order valence-corrected chi connectivity index (χ2v) is 8.39. The number of amides is 2. The minimum atomic E-state index is -0.195. The topological polar surface area (TPSA) is 35.6 Å². The standard InChI is InChI=1S/C20H30ClN3O/c1-20(2,17-9-5-6-10-18(17)21)15-22-19(25)24-13-11-23(12-14-24)16-7-3-4-8-16/h5-6,9-10,16H,3-4,7-8,11-15H2,1-2H3,(H,22,25). The van der Waals surface area contributed by atoms with E-state index < -0.39 is 0 Å². The van der Waals surface area contributed by atoms with Crippen LogP contribution in [-0.2, 0) is 5.41 Å². The molecule has 1 aliphatic carbocycles. The zero-order valence-electron chi connectivity index (χ0n) is 15.4. The van der Waals surface area contributed by atoms with Crippen molar-refractivity contribution in [2.75, 3.05) is 32.7 Å². The normalized spacial score (nSPS) is 20.0. The lowest BCUT2D eigenvalue weighted by Crippen LogP contribution is -2.54. The van der Waals surface area contributed by atoms with Crippen molar-refractivity contribution >= 4 is 17.6 Å². The Morgan fingerprint density at radius 3 is 2.44 bits per heavy atom. The Morgan fingerprint density at radius 1 is 1.16 bits per heavy atom. The summed E-state index contributed by atoms with van der Waals surface area (Å²) in [5.74, 6) is 0. The number of urea groups is 1. The first-order valence-corrected chi connectivity index (χ1v) is 9.87. The lowest BCUT2D eigenvalue weighted by molar-refractivity contribution is 0.109. The molecule has 1 heterocycles. The Balaban J connectivity index is 1.49. The average molecular weight is 364 g/mol. The molecule has 1 saturated heterocycles. The molecular weight excluding hydrogens is 334 g/mol. The summed E-state index contributed by atoms with van der Waals surface area (Å²) in [6.07, 6.45) is 5.39. The average Bonchev–Trinajstić information content (AvgIpc) is 3.15. The molecule has 4 nitrogen and oxygen atoms in total. The maximum absolute atomic E-state index is 12.6. The molecule has 0 aromatic heterocycles. The van der Waals surface area contributed by atoms with Crippen molar-refractivity contribution in [3.8, 4) is 0 Å². The molecule has 0 radical (unpaired) electrons. The molecule has 0 unspecified atom stereocenters. The first kappa shape index (κ1) is 18.5. The number of hydrogen-bond donors (Lipinski definition) is 1. The highest BCUT2D eigenvalue weighted by atomic mass is 35.5. The van der Waals surface area contributed by atoms with Gasteiger partial charge in [-0.2, -0.15) is 0 Å². The van der Waals surface area contributed by atoms with Crippen molar-refractivity contribution in [1.82, 2.24) is 15.1 Å². The quantitative estimate of drug-likeness (QED) is 0.880. The van der Waals surface area contributed by atoms with Gasteiger partial charge >= 0.3 is 6.03 Å². The van der Waals surface area contributed by atoms with Gasteiger partial charge in [0.1, 0.15) is 0 Å². The highest BCUT2D eigenvalue weighted by molar-refractivity contribution is 6.31. The predicted molar refractivity (Wildman–Crippen MR) is 103 cm³/mol. The molecule has 0 spiro atoms. The monoisotopic (exact) mass is 363 g/mol. The maximum Gasteiger partial charge on any atom is 0.317 e. The Hall–Kier alpha value is -1.26. The van der Waals surface area contributed by atoms with Gasteiger partial charge in [0.2, 0.25) is 0 Å². The summed E-state index contributed by atoms with van der Waals surface area (Å²) in [6.45, 7) is 8.49. The van der Waals surface area contributed by atoms with E-state index in [1.807, 2.05) is 29.2 Å². The van der Waals surface area contributed by atoms with Crippen LogP contribution in [0.4, 0.5) is 4.79 Å². The molecule has 0 bridgehead atoms. The van der Waals surface area contributed by atoms with E-state index in [9.17, 15) is 4.79 Å². The molecule has 1 aromatic carbocycles.